The van der Waals surface area contributed by atoms with Crippen molar-refractivity contribution in [1.82, 2.24) is 0 Å². The number of halogens is 1. The molecule has 0 radical (unpaired) electrons. The number of anilines is 1. The highest BCUT2D eigenvalue weighted by molar-refractivity contribution is 6.31. The predicted molar refractivity (Wildman–Crippen MR) is 93.2 cm³/mol. The molecule has 2 aromatic carbocycles. The van der Waals surface area contributed by atoms with Gasteiger partial charge in [-0.25, -0.2) is 0 Å². The van der Waals surface area contributed by atoms with Crippen LogP contribution in [0.5, 0.6) is 5.75 Å². The Morgan fingerprint density at radius 3 is 2.62 bits per heavy atom. The summed E-state index contributed by atoms with van der Waals surface area (Å²) >= 11 is 5.92. The molecule has 0 aliphatic rings. The second-order valence-electron chi connectivity index (χ2n) is 5.51. The molecule has 0 bridgehead atoms. The Balaban J connectivity index is 1.94. The van der Waals surface area contributed by atoms with E-state index in [0.29, 0.717) is 22.8 Å². The van der Waals surface area contributed by atoms with Crippen molar-refractivity contribution < 1.29 is 14.4 Å². The van der Waals surface area contributed by atoms with Crippen molar-refractivity contribution >= 4 is 23.2 Å². The lowest BCUT2D eigenvalue weighted by Gasteiger charge is -2.14. The molecule has 6 heteroatoms. The Labute approximate surface area is 146 Å². The zero-order chi connectivity index (χ0) is 17.5. The van der Waals surface area contributed by atoms with Crippen LogP contribution in [0.2, 0.25) is 5.02 Å². The summed E-state index contributed by atoms with van der Waals surface area (Å²) in [6.45, 7) is 0.988. The van der Waals surface area contributed by atoms with Gasteiger partial charge >= 0.3 is 0 Å². The number of carbonyl (C=O) groups excluding carboxylic acids is 1. The van der Waals surface area contributed by atoms with Crippen molar-refractivity contribution in [2.24, 2.45) is 0 Å². The van der Waals surface area contributed by atoms with Gasteiger partial charge in [0.2, 0.25) is 0 Å². The van der Waals surface area contributed by atoms with Gasteiger partial charge in [-0.15, -0.1) is 0 Å². The molecule has 24 heavy (non-hydrogen) atoms. The van der Waals surface area contributed by atoms with Gasteiger partial charge in [0.15, 0.2) is 6.54 Å². The summed E-state index contributed by atoms with van der Waals surface area (Å²) in [4.78, 5) is 13.2. The smallest absolute Gasteiger partial charge is 0.279 e. The molecular weight excluding hydrogens is 326 g/mol. The standard InChI is InChI=1S/C18H18ClN3O2/c1-22(11-13-3-7-16(24-2)8-4-13)12-18(23)21-17-9-15(19)6-5-14(17)10-20/h3-9H,11-12H2,1-2H3,(H,21,23)/p+1. The van der Waals surface area contributed by atoms with Gasteiger partial charge in [0.1, 0.15) is 18.4 Å². The van der Waals surface area contributed by atoms with Crippen molar-refractivity contribution in [2.75, 3.05) is 26.0 Å². The minimum absolute atomic E-state index is 0.167. The van der Waals surface area contributed by atoms with Gasteiger partial charge < -0.3 is 15.0 Å². The average molecular weight is 345 g/mol. The van der Waals surface area contributed by atoms with Crippen LogP contribution in [0.4, 0.5) is 5.69 Å². The van der Waals surface area contributed by atoms with Crippen LogP contribution in [0, 0.1) is 11.3 Å². The van der Waals surface area contributed by atoms with Crippen molar-refractivity contribution in [3.05, 3.63) is 58.6 Å². The van der Waals surface area contributed by atoms with E-state index in [-0.39, 0.29) is 12.5 Å². The molecule has 0 spiro atoms. The predicted octanol–water partition coefficient (Wildman–Crippen LogP) is 1.87. The summed E-state index contributed by atoms with van der Waals surface area (Å²) in [6.07, 6.45) is 0. The number of methoxy groups -OCH3 is 1. The normalized spacial score (nSPS) is 11.4. The van der Waals surface area contributed by atoms with E-state index in [1.54, 1.807) is 25.3 Å². The molecule has 0 saturated heterocycles. The summed E-state index contributed by atoms with van der Waals surface area (Å²) in [5, 5.41) is 12.3. The summed E-state index contributed by atoms with van der Waals surface area (Å²) in [5.41, 5.74) is 1.94. The third-order valence-corrected chi connectivity index (χ3v) is 3.74. The van der Waals surface area contributed by atoms with E-state index in [1.165, 1.54) is 0 Å². The van der Waals surface area contributed by atoms with Crippen LogP contribution < -0.4 is 15.0 Å². The van der Waals surface area contributed by atoms with E-state index in [2.05, 4.69) is 5.32 Å². The average Bonchev–Trinajstić information content (AvgIpc) is 2.55. The van der Waals surface area contributed by atoms with Crippen LogP contribution in [0.15, 0.2) is 42.5 Å². The molecule has 2 rings (SSSR count). The molecule has 2 aromatic rings. The third-order valence-electron chi connectivity index (χ3n) is 3.50. The molecule has 124 valence electrons. The molecule has 0 aliphatic heterocycles. The minimum atomic E-state index is -0.167. The number of quaternary nitrogens is 1. The van der Waals surface area contributed by atoms with Crippen LogP contribution in [-0.2, 0) is 11.3 Å². The van der Waals surface area contributed by atoms with Gasteiger partial charge in [-0.3, -0.25) is 4.79 Å². The molecule has 0 saturated carbocycles. The highest BCUT2D eigenvalue weighted by Crippen LogP contribution is 2.20. The van der Waals surface area contributed by atoms with Crippen molar-refractivity contribution in [1.29, 1.82) is 5.26 Å². The minimum Gasteiger partial charge on any atom is -0.497 e. The van der Waals surface area contributed by atoms with Gasteiger partial charge in [-0.1, -0.05) is 11.6 Å². The Kier molecular flexibility index (Phi) is 6.19. The summed E-state index contributed by atoms with van der Waals surface area (Å²) in [6, 6.07) is 14.6. The number of rotatable bonds is 6. The first-order valence-electron chi connectivity index (χ1n) is 7.45. The number of amides is 1. The molecule has 1 atom stereocenters. The molecule has 0 heterocycles. The van der Waals surface area contributed by atoms with Crippen molar-refractivity contribution in [2.45, 2.75) is 6.54 Å². The summed E-state index contributed by atoms with van der Waals surface area (Å²) < 4.78 is 5.13. The van der Waals surface area contributed by atoms with E-state index < -0.39 is 0 Å². The van der Waals surface area contributed by atoms with Gasteiger partial charge in [0.05, 0.1) is 25.4 Å². The number of likely N-dealkylation sites (N-methyl/N-ethyl adjacent to an activating group) is 1. The number of nitriles is 1. The van der Waals surface area contributed by atoms with Crippen molar-refractivity contribution in [3.63, 3.8) is 0 Å². The number of hydrogen-bond donors (Lipinski definition) is 2. The fourth-order valence-electron chi connectivity index (χ4n) is 2.34. The lowest BCUT2D eigenvalue weighted by molar-refractivity contribution is -0.885. The zero-order valence-electron chi connectivity index (χ0n) is 13.6. The van der Waals surface area contributed by atoms with Crippen LogP contribution in [0.25, 0.3) is 0 Å². The third kappa shape index (κ3) is 4.98. The SMILES string of the molecule is COc1ccc(C[NH+](C)CC(=O)Nc2cc(Cl)ccc2C#N)cc1. The first-order chi connectivity index (χ1) is 11.5. The lowest BCUT2D eigenvalue weighted by Crippen LogP contribution is -3.08. The molecule has 0 fully saturated rings. The first kappa shape index (κ1) is 17.8. The van der Waals surface area contributed by atoms with Gasteiger partial charge in [-0.2, -0.15) is 5.26 Å². The second-order valence-corrected chi connectivity index (χ2v) is 5.95. The van der Waals surface area contributed by atoms with E-state index in [1.807, 2.05) is 37.4 Å². The number of carbonyl (C=O) groups is 1. The van der Waals surface area contributed by atoms with E-state index in [0.717, 1.165) is 16.2 Å². The first-order valence-corrected chi connectivity index (χ1v) is 7.83. The summed E-state index contributed by atoms with van der Waals surface area (Å²) in [7, 11) is 3.56. The Morgan fingerprint density at radius 1 is 1.29 bits per heavy atom. The maximum atomic E-state index is 12.2. The second kappa shape index (κ2) is 8.34. The van der Waals surface area contributed by atoms with Crippen molar-refractivity contribution in [3.8, 4) is 11.8 Å². The maximum Gasteiger partial charge on any atom is 0.279 e. The number of nitrogens with zero attached hydrogens (tertiary/aromatic N) is 1. The quantitative estimate of drug-likeness (QED) is 0.840. The largest absolute Gasteiger partial charge is 0.497 e. The Morgan fingerprint density at radius 2 is 2.00 bits per heavy atom. The van der Waals surface area contributed by atoms with Gasteiger partial charge in [-0.05, 0) is 42.5 Å². The molecule has 1 amide bonds. The molecular formula is C18H19ClN3O2+. The fraction of sp³-hybridized carbons (Fsp3) is 0.222. The molecule has 5 nitrogen and oxygen atoms in total. The molecule has 2 N–H and O–H groups in total. The van der Waals surface area contributed by atoms with E-state index in [9.17, 15) is 4.79 Å². The van der Waals surface area contributed by atoms with Gasteiger partial charge in [0.25, 0.3) is 5.91 Å². The topological polar surface area (TPSA) is 66.6 Å². The Hall–Kier alpha value is -2.55. The number of nitrogens with one attached hydrogen (secondary N) is 2. The molecule has 0 aromatic heterocycles. The highest BCUT2D eigenvalue weighted by atomic mass is 35.5. The fourth-order valence-corrected chi connectivity index (χ4v) is 2.51. The highest BCUT2D eigenvalue weighted by Gasteiger charge is 2.13. The van der Waals surface area contributed by atoms with Crippen LogP contribution >= 0.6 is 11.6 Å². The zero-order valence-corrected chi connectivity index (χ0v) is 14.4. The maximum absolute atomic E-state index is 12.2. The van der Waals surface area contributed by atoms with Crippen LogP contribution in [-0.4, -0.2) is 26.6 Å². The lowest BCUT2D eigenvalue weighted by atomic mass is 10.2. The number of hydrogen-bond acceptors (Lipinski definition) is 3. The molecule has 1 unspecified atom stereocenters. The molecule has 0 aliphatic carbocycles. The van der Waals surface area contributed by atoms with Gasteiger partial charge in [0, 0.05) is 10.6 Å². The number of ether oxygens (including phenoxy) is 1. The number of benzene rings is 2. The van der Waals surface area contributed by atoms with Crippen LogP contribution in [0.1, 0.15) is 11.1 Å². The Bertz CT molecular complexity index is 754. The monoisotopic (exact) mass is 344 g/mol. The van der Waals surface area contributed by atoms with E-state index in [4.69, 9.17) is 21.6 Å². The van der Waals surface area contributed by atoms with Crippen LogP contribution in [0.3, 0.4) is 0 Å². The summed E-state index contributed by atoms with van der Waals surface area (Å²) in [5.74, 6) is 0.638. The van der Waals surface area contributed by atoms with E-state index >= 15 is 0 Å².